The van der Waals surface area contributed by atoms with Crippen molar-refractivity contribution in [2.75, 3.05) is 41.4 Å². The Balaban J connectivity index is 1.15. The second-order valence-corrected chi connectivity index (χ2v) is 20.1. The first-order valence-electron chi connectivity index (χ1n) is 25.7. The van der Waals surface area contributed by atoms with Gasteiger partial charge in [0.1, 0.15) is 28.9 Å². The molecule has 4 fully saturated rings. The van der Waals surface area contributed by atoms with Crippen LogP contribution in [-0.4, -0.2) is 76.9 Å². The number of aliphatic hydroxyl groups is 1. The van der Waals surface area contributed by atoms with Gasteiger partial charge in [0.25, 0.3) is 0 Å². The molecule has 0 unspecified atom stereocenters. The first-order chi connectivity index (χ1) is 36.0. The summed E-state index contributed by atoms with van der Waals surface area (Å²) < 4.78 is 12.2. The van der Waals surface area contributed by atoms with Gasteiger partial charge >= 0.3 is 12.0 Å². The van der Waals surface area contributed by atoms with Gasteiger partial charge < -0.3 is 35.2 Å². The molecule has 6 aromatic carbocycles. The van der Waals surface area contributed by atoms with Crippen molar-refractivity contribution in [2.24, 2.45) is 5.92 Å². The quantitative estimate of drug-likeness (QED) is 0.0657. The van der Waals surface area contributed by atoms with E-state index in [0.29, 0.717) is 67.1 Å². The van der Waals surface area contributed by atoms with E-state index in [4.69, 9.17) is 9.47 Å². The van der Waals surface area contributed by atoms with E-state index in [0.717, 1.165) is 47.4 Å². The van der Waals surface area contributed by atoms with E-state index in [2.05, 4.69) is 27.4 Å². The Bertz CT molecular complexity index is 3090. The molecular weight excluding hydrogens is 931 g/mol. The number of phenolic OH excluding ortho intramolecular Hbond substituents is 1. The van der Waals surface area contributed by atoms with E-state index in [-0.39, 0.29) is 11.4 Å². The first kappa shape index (κ1) is 48.5. The number of hydrogen-bond donors (Lipinski definition) is 4. The average molecular weight is 990 g/mol. The zero-order chi connectivity index (χ0) is 51.0. The van der Waals surface area contributed by atoms with Crippen LogP contribution >= 0.6 is 0 Å². The van der Waals surface area contributed by atoms with Crippen molar-refractivity contribution < 1.29 is 38.9 Å². The minimum atomic E-state index is -2.06. The molecule has 4 aliphatic heterocycles. The predicted octanol–water partition coefficient (Wildman–Crippen LogP) is 9.44. The van der Waals surface area contributed by atoms with Crippen molar-refractivity contribution in [3.63, 3.8) is 0 Å². The van der Waals surface area contributed by atoms with Crippen LogP contribution in [0.15, 0.2) is 158 Å². The molecule has 0 aromatic heterocycles. The highest BCUT2D eigenvalue weighted by molar-refractivity contribution is 6.25. The van der Waals surface area contributed by atoms with Gasteiger partial charge in [-0.1, -0.05) is 128 Å². The van der Waals surface area contributed by atoms with Crippen molar-refractivity contribution in [2.45, 2.75) is 86.7 Å². The molecule has 4 N–H and O–H groups in total. The molecule has 5 aliphatic rings. The van der Waals surface area contributed by atoms with Gasteiger partial charge in [0.15, 0.2) is 0 Å². The molecule has 6 aromatic rings. The molecule has 74 heavy (non-hydrogen) atoms. The number of rotatable bonds is 8. The summed E-state index contributed by atoms with van der Waals surface area (Å²) in [5.41, 5.74) is 1.82. The molecule has 4 amide bonds. The van der Waals surface area contributed by atoms with Crippen LogP contribution in [-0.2, 0) is 29.3 Å². The van der Waals surface area contributed by atoms with Gasteiger partial charge in [0.05, 0.1) is 42.9 Å². The Morgan fingerprint density at radius 3 is 2.03 bits per heavy atom. The number of aromatic hydroxyl groups is 1. The fourth-order valence-corrected chi connectivity index (χ4v) is 12.1. The molecule has 1 saturated carbocycles. The lowest BCUT2D eigenvalue weighted by Crippen LogP contribution is -2.55. The maximum atomic E-state index is 16.8. The van der Waals surface area contributed by atoms with Gasteiger partial charge in [-0.05, 0) is 115 Å². The van der Waals surface area contributed by atoms with Crippen LogP contribution in [0.1, 0.15) is 103 Å². The maximum absolute atomic E-state index is 16.8. The number of esters is 1. The molecule has 1 aliphatic carbocycles. The summed E-state index contributed by atoms with van der Waals surface area (Å²) in [4.78, 5) is 69.0. The number of morpholine rings is 2. The second kappa shape index (κ2) is 20.3. The van der Waals surface area contributed by atoms with E-state index >= 15 is 19.2 Å². The Kier molecular flexibility index (Phi) is 13.3. The van der Waals surface area contributed by atoms with Crippen LogP contribution < -0.4 is 20.4 Å². The van der Waals surface area contributed by atoms with Gasteiger partial charge in [0, 0.05) is 30.0 Å². The molecule has 13 nitrogen and oxygen atoms in total. The Labute approximate surface area is 431 Å². The van der Waals surface area contributed by atoms with Gasteiger partial charge in [0.2, 0.25) is 11.8 Å². The molecule has 4 heterocycles. The third-order valence-corrected chi connectivity index (χ3v) is 15.7. The number of urea groups is 1. The Morgan fingerprint density at radius 2 is 1.36 bits per heavy atom. The molecule has 1 spiro atoms. The molecule has 7 atom stereocenters. The number of ether oxygens (including phenoxy) is 2. The number of nitrogens with one attached hydrogen (secondary N) is 2. The van der Waals surface area contributed by atoms with Crippen molar-refractivity contribution in [1.82, 2.24) is 10.2 Å². The third-order valence-electron chi connectivity index (χ3n) is 15.7. The van der Waals surface area contributed by atoms with Crippen molar-refractivity contribution in [3.05, 3.63) is 191 Å². The lowest BCUT2D eigenvalue weighted by Gasteiger charge is -2.46. The normalized spacial score (nSPS) is 24.6. The predicted molar refractivity (Wildman–Crippen MR) is 281 cm³/mol. The van der Waals surface area contributed by atoms with Crippen LogP contribution in [0.3, 0.4) is 0 Å². The monoisotopic (exact) mass is 989 g/mol. The summed E-state index contributed by atoms with van der Waals surface area (Å²) in [6, 6.07) is 42.8. The van der Waals surface area contributed by atoms with Gasteiger partial charge in [-0.2, -0.15) is 0 Å². The van der Waals surface area contributed by atoms with E-state index in [1.807, 2.05) is 115 Å². The van der Waals surface area contributed by atoms with Gasteiger partial charge in [-0.15, -0.1) is 0 Å². The molecule has 0 bridgehead atoms. The second-order valence-electron chi connectivity index (χ2n) is 20.1. The smallest absolute Gasteiger partial charge is 0.329 e. The summed E-state index contributed by atoms with van der Waals surface area (Å²) in [6.45, 7) is 4.45. The Morgan fingerprint density at radius 1 is 0.730 bits per heavy atom. The average Bonchev–Trinajstić information content (AvgIpc) is 3.84. The van der Waals surface area contributed by atoms with E-state index < -0.39 is 71.0 Å². The summed E-state index contributed by atoms with van der Waals surface area (Å²) in [6.07, 6.45) is 3.78. The number of imide groups is 1. The van der Waals surface area contributed by atoms with E-state index in [9.17, 15) is 10.2 Å². The van der Waals surface area contributed by atoms with Crippen LogP contribution in [0.2, 0.25) is 0 Å². The molecule has 11 rings (SSSR count). The number of phenols is 1. The SMILES string of the molecule is C[C@@H](NC(=O)N1C(=O)[C@@]2(c3cc(C#CC4(O)CCCCCC4)ccc31)[C@H](c1ccc(O)cc1)N1[C@H](c3ccccc3)[C@H](c3ccccc3)OC(=O)[C@H]1[C@@H]2C(=O)Nc1ccc(N2CCOCC2)cc1)c1ccccc1. The fourth-order valence-electron chi connectivity index (χ4n) is 12.1. The highest BCUT2D eigenvalue weighted by atomic mass is 16.6. The lowest BCUT2D eigenvalue weighted by atomic mass is 9.65. The summed E-state index contributed by atoms with van der Waals surface area (Å²) in [7, 11) is 0. The number of amides is 4. The molecule has 376 valence electrons. The van der Waals surface area contributed by atoms with Crippen molar-refractivity contribution in [3.8, 4) is 17.6 Å². The van der Waals surface area contributed by atoms with Crippen LogP contribution in [0.4, 0.5) is 21.9 Å². The zero-order valence-electron chi connectivity index (χ0n) is 41.2. The van der Waals surface area contributed by atoms with Crippen LogP contribution in [0.25, 0.3) is 0 Å². The third kappa shape index (κ3) is 8.86. The molecular formula is C61H59N5O8. The fraction of sp³-hybridized carbons (Fsp3) is 0.311. The number of nitrogens with zero attached hydrogens (tertiary/aromatic N) is 3. The van der Waals surface area contributed by atoms with Gasteiger partial charge in [-0.3, -0.25) is 19.3 Å². The summed E-state index contributed by atoms with van der Waals surface area (Å²) in [5.74, 6) is 2.76. The van der Waals surface area contributed by atoms with Crippen molar-refractivity contribution in [1.29, 1.82) is 0 Å². The number of anilines is 3. The topological polar surface area (TPSA) is 161 Å². The minimum Gasteiger partial charge on any atom is -0.508 e. The number of carbonyl (C=O) groups excluding carboxylic acids is 4. The largest absolute Gasteiger partial charge is 0.508 e. The summed E-state index contributed by atoms with van der Waals surface area (Å²) >= 11 is 0. The highest BCUT2D eigenvalue weighted by Gasteiger charge is 2.75. The lowest BCUT2D eigenvalue weighted by molar-refractivity contribution is -0.177. The standard InChI is InChI=1S/C61H59N5O8/c1-40(42-15-7-4-8-16-42)62-59(71)65-50-30-21-41(31-34-60(72)32-13-2-3-14-33-60)39-49(50)61(58(65)70)51(56(68)63-46-24-26-47(27-25-46)64-35-37-73-38-36-64)53-57(69)74-54(44-19-11-6-12-20-44)52(43-17-9-5-10-18-43)66(53)55(61)45-22-28-48(67)29-23-45/h4-12,15-30,39-40,51-55,67,72H,2-3,13-14,32-33,35-38H2,1H3,(H,62,71)(H,63,68)/t40-,51-,52-,53-,54+,55+,61-/m1/s1. The molecule has 3 saturated heterocycles. The molecule has 0 radical (unpaired) electrons. The van der Waals surface area contributed by atoms with Crippen molar-refractivity contribution >= 4 is 40.9 Å². The van der Waals surface area contributed by atoms with Crippen LogP contribution in [0.5, 0.6) is 5.75 Å². The first-order valence-corrected chi connectivity index (χ1v) is 25.7. The maximum Gasteiger partial charge on any atom is 0.329 e. The highest BCUT2D eigenvalue weighted by Crippen LogP contribution is 2.66. The zero-order valence-corrected chi connectivity index (χ0v) is 41.2. The number of carbonyl (C=O) groups is 4. The molecule has 13 heteroatoms. The van der Waals surface area contributed by atoms with E-state index in [1.54, 1.807) is 42.5 Å². The number of benzene rings is 6. The van der Waals surface area contributed by atoms with E-state index in [1.165, 1.54) is 12.1 Å². The number of cyclic esters (lactones) is 1. The summed E-state index contributed by atoms with van der Waals surface area (Å²) in [5, 5.41) is 28.9. The minimum absolute atomic E-state index is 0.0324. The Hall–Kier alpha value is -7.76. The van der Waals surface area contributed by atoms with Crippen LogP contribution in [0, 0.1) is 17.8 Å². The number of hydrogen-bond acceptors (Lipinski definition) is 10. The number of fused-ring (bicyclic) bond motifs is 3. The van der Waals surface area contributed by atoms with Gasteiger partial charge in [-0.25, -0.2) is 9.69 Å².